The Hall–Kier alpha value is -1.80. The number of anilines is 1. The second kappa shape index (κ2) is 5.60. The normalized spacial score (nSPS) is 28.7. The molecule has 1 N–H and O–H groups in total. The summed E-state index contributed by atoms with van der Waals surface area (Å²) in [5, 5.41) is 10.2. The van der Waals surface area contributed by atoms with Crippen molar-refractivity contribution < 1.29 is 22.4 Å². The van der Waals surface area contributed by atoms with E-state index in [1.165, 1.54) is 12.8 Å². The predicted molar refractivity (Wildman–Crippen MR) is 81.8 cm³/mol. The monoisotopic (exact) mass is 358 g/mol. The fourth-order valence-electron chi connectivity index (χ4n) is 3.67. The molecular weight excluding hydrogens is 337 g/mol. The number of amides is 1. The Morgan fingerprint density at radius 1 is 1.28 bits per heavy atom. The lowest BCUT2D eigenvalue weighted by molar-refractivity contribution is -0.149. The van der Waals surface area contributed by atoms with Crippen LogP contribution in [-0.2, 0) is 4.79 Å². The van der Waals surface area contributed by atoms with E-state index in [9.17, 15) is 18.0 Å². The van der Waals surface area contributed by atoms with Crippen LogP contribution in [0.3, 0.4) is 0 Å². The number of halogens is 3. The van der Waals surface area contributed by atoms with Crippen molar-refractivity contribution in [2.24, 2.45) is 11.3 Å². The number of hydrogen-bond acceptors (Lipinski definition) is 5. The SMILES string of the molecule is C[C@H](Nc1nnc([C@H]2C[C@@H]2C(F)(F)F)o1)C(=O)N1CCC2(CC1)CC2. The lowest BCUT2D eigenvalue weighted by Gasteiger charge is -2.33. The van der Waals surface area contributed by atoms with Gasteiger partial charge in [-0.3, -0.25) is 4.79 Å². The summed E-state index contributed by atoms with van der Waals surface area (Å²) in [6, 6.07) is -0.557. The number of carbonyl (C=O) groups excluding carboxylic acids is 1. The van der Waals surface area contributed by atoms with Crippen molar-refractivity contribution in [3.8, 4) is 0 Å². The van der Waals surface area contributed by atoms with Gasteiger partial charge in [-0.1, -0.05) is 5.10 Å². The van der Waals surface area contributed by atoms with Crippen LogP contribution in [0.2, 0.25) is 0 Å². The van der Waals surface area contributed by atoms with Crippen LogP contribution in [0.25, 0.3) is 0 Å². The Balaban J connectivity index is 1.31. The number of aromatic nitrogens is 2. The minimum Gasteiger partial charge on any atom is -0.408 e. The number of likely N-dealkylation sites (tertiary alicyclic amines) is 1. The summed E-state index contributed by atoms with van der Waals surface area (Å²) < 4.78 is 43.1. The molecule has 1 aliphatic heterocycles. The van der Waals surface area contributed by atoms with Gasteiger partial charge < -0.3 is 14.6 Å². The topological polar surface area (TPSA) is 71.3 Å². The number of nitrogens with zero attached hydrogens (tertiary/aromatic N) is 3. The van der Waals surface area contributed by atoms with Crippen molar-refractivity contribution in [1.29, 1.82) is 0 Å². The lowest BCUT2D eigenvalue weighted by atomic mass is 9.93. The molecule has 1 aromatic heterocycles. The fourth-order valence-corrected chi connectivity index (χ4v) is 3.67. The number of carbonyl (C=O) groups is 1. The Labute approximate surface area is 143 Å². The zero-order chi connectivity index (χ0) is 17.8. The average molecular weight is 358 g/mol. The van der Waals surface area contributed by atoms with Gasteiger partial charge in [-0.25, -0.2) is 0 Å². The van der Waals surface area contributed by atoms with E-state index in [0.29, 0.717) is 5.41 Å². The molecule has 1 saturated heterocycles. The van der Waals surface area contributed by atoms with Crippen LogP contribution in [0.15, 0.2) is 4.42 Å². The summed E-state index contributed by atoms with van der Waals surface area (Å²) in [6.45, 7) is 3.22. The van der Waals surface area contributed by atoms with Crippen LogP contribution in [0, 0.1) is 11.3 Å². The summed E-state index contributed by atoms with van der Waals surface area (Å²) in [5.74, 6) is -2.22. The Kier molecular flexibility index (Phi) is 3.73. The first kappa shape index (κ1) is 16.7. The Morgan fingerprint density at radius 3 is 2.52 bits per heavy atom. The molecule has 0 unspecified atom stereocenters. The summed E-state index contributed by atoms with van der Waals surface area (Å²) in [6.07, 6.45) is 0.396. The summed E-state index contributed by atoms with van der Waals surface area (Å²) >= 11 is 0. The quantitative estimate of drug-likeness (QED) is 0.896. The maximum absolute atomic E-state index is 12.6. The van der Waals surface area contributed by atoms with E-state index in [0.717, 1.165) is 25.9 Å². The third kappa shape index (κ3) is 3.32. The van der Waals surface area contributed by atoms with Crippen LogP contribution < -0.4 is 5.32 Å². The highest BCUT2D eigenvalue weighted by molar-refractivity contribution is 5.83. The highest BCUT2D eigenvalue weighted by atomic mass is 19.4. The molecule has 25 heavy (non-hydrogen) atoms. The summed E-state index contributed by atoms with van der Waals surface area (Å²) in [4.78, 5) is 14.3. The van der Waals surface area contributed by atoms with Gasteiger partial charge in [0.1, 0.15) is 6.04 Å². The molecule has 138 valence electrons. The molecule has 1 amide bonds. The number of hydrogen-bond donors (Lipinski definition) is 1. The first-order valence-electron chi connectivity index (χ1n) is 8.73. The van der Waals surface area contributed by atoms with Crippen molar-refractivity contribution in [3.05, 3.63) is 5.89 Å². The second-order valence-corrected chi connectivity index (χ2v) is 7.63. The highest BCUT2D eigenvalue weighted by Gasteiger charge is 2.58. The third-order valence-corrected chi connectivity index (χ3v) is 5.77. The number of rotatable bonds is 4. The van der Waals surface area contributed by atoms with E-state index in [2.05, 4.69) is 15.5 Å². The molecule has 3 aliphatic rings. The van der Waals surface area contributed by atoms with Gasteiger partial charge in [-0.2, -0.15) is 13.2 Å². The van der Waals surface area contributed by atoms with Crippen molar-refractivity contribution in [3.63, 3.8) is 0 Å². The van der Waals surface area contributed by atoms with Crippen molar-refractivity contribution in [2.45, 2.75) is 57.2 Å². The molecular formula is C16H21F3N4O2. The van der Waals surface area contributed by atoms with Crippen LogP contribution in [0.5, 0.6) is 0 Å². The molecule has 2 aliphatic carbocycles. The molecule has 4 rings (SSSR count). The second-order valence-electron chi connectivity index (χ2n) is 7.63. The number of nitrogens with one attached hydrogen (secondary N) is 1. The van der Waals surface area contributed by atoms with Crippen LogP contribution in [-0.4, -0.2) is 46.3 Å². The van der Waals surface area contributed by atoms with E-state index in [1.54, 1.807) is 6.92 Å². The molecule has 3 atom stereocenters. The van der Waals surface area contributed by atoms with E-state index >= 15 is 0 Å². The van der Waals surface area contributed by atoms with Gasteiger partial charge in [-0.15, -0.1) is 5.10 Å². The van der Waals surface area contributed by atoms with Crippen LogP contribution >= 0.6 is 0 Å². The van der Waals surface area contributed by atoms with Gasteiger partial charge in [0.25, 0.3) is 0 Å². The highest BCUT2D eigenvalue weighted by Crippen LogP contribution is 2.56. The molecule has 1 spiro atoms. The lowest BCUT2D eigenvalue weighted by Crippen LogP contribution is -2.45. The van der Waals surface area contributed by atoms with Gasteiger partial charge in [-0.05, 0) is 44.4 Å². The Morgan fingerprint density at radius 2 is 1.96 bits per heavy atom. The molecule has 3 fully saturated rings. The minimum absolute atomic E-state index is 0.000605. The maximum atomic E-state index is 12.6. The maximum Gasteiger partial charge on any atom is 0.392 e. The fraction of sp³-hybridized carbons (Fsp3) is 0.812. The van der Waals surface area contributed by atoms with E-state index in [1.807, 2.05) is 4.90 Å². The van der Waals surface area contributed by atoms with Crippen molar-refractivity contribution in [2.75, 3.05) is 18.4 Å². The molecule has 1 aromatic rings. The minimum atomic E-state index is -4.23. The average Bonchev–Trinajstić information content (AvgIpc) is 3.47. The standard InChI is InChI=1S/C16H21F3N4O2/c1-9(13(24)23-6-4-15(2-3-15)5-7-23)20-14-22-21-12(25-14)10-8-11(10)16(17,18)19/h9-11H,2-8H2,1H3,(H,20,22)/t9-,10-,11-/m0/s1. The van der Waals surface area contributed by atoms with Gasteiger partial charge in [0.2, 0.25) is 11.8 Å². The molecule has 0 bridgehead atoms. The number of piperidine rings is 1. The van der Waals surface area contributed by atoms with Gasteiger partial charge in [0.15, 0.2) is 0 Å². The first-order chi connectivity index (χ1) is 11.8. The van der Waals surface area contributed by atoms with E-state index < -0.39 is 24.1 Å². The molecule has 9 heteroatoms. The molecule has 0 radical (unpaired) electrons. The number of alkyl halides is 3. The van der Waals surface area contributed by atoms with Gasteiger partial charge >= 0.3 is 12.2 Å². The van der Waals surface area contributed by atoms with E-state index in [4.69, 9.17) is 4.42 Å². The van der Waals surface area contributed by atoms with Crippen molar-refractivity contribution in [1.82, 2.24) is 15.1 Å². The van der Waals surface area contributed by atoms with Crippen molar-refractivity contribution >= 4 is 11.9 Å². The smallest absolute Gasteiger partial charge is 0.392 e. The van der Waals surface area contributed by atoms with Gasteiger partial charge in [0.05, 0.1) is 5.92 Å². The molecule has 2 heterocycles. The first-order valence-corrected chi connectivity index (χ1v) is 8.73. The zero-order valence-electron chi connectivity index (χ0n) is 14.0. The predicted octanol–water partition coefficient (Wildman–Crippen LogP) is 2.94. The van der Waals surface area contributed by atoms with Gasteiger partial charge in [0, 0.05) is 19.0 Å². The Bertz CT molecular complexity index is 661. The summed E-state index contributed by atoms with van der Waals surface area (Å²) in [5.41, 5.74) is 0.494. The van der Waals surface area contributed by atoms with Crippen LogP contribution in [0.4, 0.5) is 19.2 Å². The molecule has 0 aromatic carbocycles. The largest absolute Gasteiger partial charge is 0.408 e. The summed E-state index contributed by atoms with van der Waals surface area (Å²) in [7, 11) is 0. The third-order valence-electron chi connectivity index (χ3n) is 5.77. The van der Waals surface area contributed by atoms with E-state index in [-0.39, 0.29) is 24.2 Å². The zero-order valence-corrected chi connectivity index (χ0v) is 14.0. The molecule has 2 saturated carbocycles. The molecule has 6 nitrogen and oxygen atoms in total. The van der Waals surface area contributed by atoms with Crippen LogP contribution in [0.1, 0.15) is 50.8 Å².